The smallest absolute Gasteiger partial charge is 0.220 e. The zero-order chi connectivity index (χ0) is 20.8. The van der Waals surface area contributed by atoms with E-state index in [2.05, 4.69) is 45.9 Å². The summed E-state index contributed by atoms with van der Waals surface area (Å²) in [7, 11) is 0. The van der Waals surface area contributed by atoms with Gasteiger partial charge in [-0.1, -0.05) is 42.5 Å². The Kier molecular flexibility index (Phi) is 6.65. The van der Waals surface area contributed by atoms with Crippen LogP contribution in [0.4, 0.5) is 0 Å². The van der Waals surface area contributed by atoms with Crippen LogP contribution >= 0.6 is 0 Å². The van der Waals surface area contributed by atoms with E-state index in [1.807, 2.05) is 12.1 Å². The summed E-state index contributed by atoms with van der Waals surface area (Å²) in [5.74, 6) is 0.143. The van der Waals surface area contributed by atoms with Gasteiger partial charge in [-0.15, -0.1) is 0 Å². The molecule has 2 fully saturated rings. The quantitative estimate of drug-likeness (QED) is 0.702. The number of ether oxygens (including phenoxy) is 1. The highest BCUT2D eigenvalue weighted by Gasteiger charge is 2.38. The van der Waals surface area contributed by atoms with Gasteiger partial charge in [0.2, 0.25) is 11.8 Å². The molecule has 0 radical (unpaired) electrons. The highest BCUT2D eigenvalue weighted by atomic mass is 16.5. The van der Waals surface area contributed by atoms with Crippen molar-refractivity contribution in [2.45, 2.75) is 37.6 Å². The predicted molar refractivity (Wildman–Crippen MR) is 117 cm³/mol. The summed E-state index contributed by atoms with van der Waals surface area (Å²) in [6, 6.07) is 14.7. The van der Waals surface area contributed by atoms with Gasteiger partial charge in [0.15, 0.2) is 0 Å². The summed E-state index contributed by atoms with van der Waals surface area (Å²) >= 11 is 0. The number of carbonyl (C=O) groups is 2. The average molecular weight is 410 g/mol. The monoisotopic (exact) mass is 409 g/mol. The van der Waals surface area contributed by atoms with Crippen LogP contribution in [0.25, 0.3) is 10.8 Å². The molecule has 0 unspecified atom stereocenters. The normalized spacial score (nSPS) is 22.2. The fourth-order valence-corrected chi connectivity index (χ4v) is 4.61. The minimum absolute atomic E-state index is 0.0571. The molecule has 1 atom stereocenters. The average Bonchev–Trinajstić information content (AvgIpc) is 3.14. The van der Waals surface area contributed by atoms with Crippen molar-refractivity contribution in [3.05, 3.63) is 48.0 Å². The molecule has 0 bridgehead atoms. The molecule has 4 rings (SSSR count). The Morgan fingerprint density at radius 2 is 1.93 bits per heavy atom. The van der Waals surface area contributed by atoms with Crippen LogP contribution in [-0.2, 0) is 20.7 Å². The van der Waals surface area contributed by atoms with Crippen molar-refractivity contribution < 1.29 is 14.3 Å². The van der Waals surface area contributed by atoms with Gasteiger partial charge in [-0.25, -0.2) is 0 Å². The Bertz CT molecular complexity index is 889. The first-order chi connectivity index (χ1) is 14.6. The van der Waals surface area contributed by atoms with Gasteiger partial charge in [0, 0.05) is 44.6 Å². The van der Waals surface area contributed by atoms with Crippen LogP contribution in [0.15, 0.2) is 42.5 Å². The Labute approximate surface area is 178 Å². The lowest BCUT2D eigenvalue weighted by Gasteiger charge is -2.30. The molecular formula is C24H31N3O3. The maximum absolute atomic E-state index is 12.5. The molecule has 0 aliphatic carbocycles. The fourth-order valence-electron chi connectivity index (χ4n) is 4.61. The van der Waals surface area contributed by atoms with E-state index in [1.54, 1.807) is 0 Å². The van der Waals surface area contributed by atoms with Gasteiger partial charge in [-0.2, -0.15) is 0 Å². The fraction of sp³-hybridized carbons (Fsp3) is 0.500. The molecular weight excluding hydrogens is 378 g/mol. The van der Waals surface area contributed by atoms with Crippen molar-refractivity contribution in [3.8, 4) is 0 Å². The van der Waals surface area contributed by atoms with Crippen molar-refractivity contribution in [1.29, 1.82) is 0 Å². The molecule has 2 aliphatic rings. The van der Waals surface area contributed by atoms with Gasteiger partial charge in [0.25, 0.3) is 0 Å². The molecule has 2 heterocycles. The molecule has 2 saturated heterocycles. The first-order valence-electron chi connectivity index (χ1n) is 11.0. The van der Waals surface area contributed by atoms with E-state index in [0.29, 0.717) is 25.8 Å². The highest BCUT2D eigenvalue weighted by molar-refractivity contribution is 5.86. The molecule has 160 valence electrons. The van der Waals surface area contributed by atoms with Crippen molar-refractivity contribution in [2.75, 3.05) is 39.4 Å². The minimum atomic E-state index is -0.344. The molecule has 2 N–H and O–H groups in total. The lowest BCUT2D eigenvalue weighted by molar-refractivity contribution is -0.122. The number of nitrogens with zero attached hydrogens (tertiary/aromatic N) is 1. The second-order valence-electron chi connectivity index (χ2n) is 8.45. The second kappa shape index (κ2) is 9.58. The molecule has 2 amide bonds. The predicted octanol–water partition coefficient (Wildman–Crippen LogP) is 2.26. The molecule has 2 aliphatic heterocycles. The van der Waals surface area contributed by atoms with E-state index in [0.717, 1.165) is 45.7 Å². The third-order valence-electron chi connectivity index (χ3n) is 6.33. The number of amides is 2. The van der Waals surface area contributed by atoms with Crippen molar-refractivity contribution in [1.82, 2.24) is 15.5 Å². The number of rotatable bonds is 8. The van der Waals surface area contributed by atoms with Gasteiger partial charge >= 0.3 is 0 Å². The largest absolute Gasteiger partial charge is 0.379 e. The van der Waals surface area contributed by atoms with E-state index in [-0.39, 0.29) is 17.4 Å². The van der Waals surface area contributed by atoms with Gasteiger partial charge < -0.3 is 15.4 Å². The van der Waals surface area contributed by atoms with Crippen molar-refractivity contribution >= 4 is 22.6 Å². The van der Waals surface area contributed by atoms with Crippen LogP contribution in [0.2, 0.25) is 0 Å². The SMILES string of the molecule is O=C(CC[C@@]1(Cc2cccc3ccccc23)CCC(=O)N1)NCCN1CCOCC1. The van der Waals surface area contributed by atoms with Gasteiger partial charge in [-0.3, -0.25) is 14.5 Å². The van der Waals surface area contributed by atoms with Gasteiger partial charge in [0.1, 0.15) is 0 Å². The number of hydrogen-bond donors (Lipinski definition) is 2. The third-order valence-corrected chi connectivity index (χ3v) is 6.33. The zero-order valence-corrected chi connectivity index (χ0v) is 17.5. The maximum atomic E-state index is 12.5. The second-order valence-corrected chi connectivity index (χ2v) is 8.45. The Morgan fingerprint density at radius 3 is 2.73 bits per heavy atom. The van der Waals surface area contributed by atoms with Gasteiger partial charge in [-0.05, 0) is 35.6 Å². The zero-order valence-electron chi connectivity index (χ0n) is 17.5. The topological polar surface area (TPSA) is 70.7 Å². The van der Waals surface area contributed by atoms with Crippen LogP contribution < -0.4 is 10.6 Å². The Morgan fingerprint density at radius 1 is 1.13 bits per heavy atom. The molecule has 0 saturated carbocycles. The van der Waals surface area contributed by atoms with Crippen LogP contribution in [0.5, 0.6) is 0 Å². The number of morpholine rings is 1. The lowest BCUT2D eigenvalue weighted by Crippen LogP contribution is -2.45. The molecule has 6 nitrogen and oxygen atoms in total. The number of fused-ring (bicyclic) bond motifs is 1. The number of nitrogens with one attached hydrogen (secondary N) is 2. The third kappa shape index (κ3) is 5.18. The molecule has 0 spiro atoms. The summed E-state index contributed by atoms with van der Waals surface area (Å²) in [6.45, 7) is 4.90. The Hall–Kier alpha value is -2.44. The maximum Gasteiger partial charge on any atom is 0.220 e. The lowest BCUT2D eigenvalue weighted by atomic mass is 9.83. The Balaban J connectivity index is 1.35. The number of carbonyl (C=O) groups excluding carboxylic acids is 2. The summed E-state index contributed by atoms with van der Waals surface area (Å²) in [5.41, 5.74) is 0.881. The van der Waals surface area contributed by atoms with E-state index in [1.165, 1.54) is 16.3 Å². The summed E-state index contributed by atoms with van der Waals surface area (Å²) in [4.78, 5) is 26.8. The van der Waals surface area contributed by atoms with E-state index in [4.69, 9.17) is 4.74 Å². The molecule has 2 aromatic carbocycles. The van der Waals surface area contributed by atoms with Crippen molar-refractivity contribution in [3.63, 3.8) is 0 Å². The van der Waals surface area contributed by atoms with Gasteiger partial charge in [0.05, 0.1) is 13.2 Å². The first kappa shape index (κ1) is 20.8. The van der Waals surface area contributed by atoms with E-state index in [9.17, 15) is 9.59 Å². The summed E-state index contributed by atoms with van der Waals surface area (Å²) in [6.07, 6.45) is 3.14. The molecule has 0 aromatic heterocycles. The molecule has 2 aromatic rings. The summed E-state index contributed by atoms with van der Waals surface area (Å²) < 4.78 is 5.35. The van der Waals surface area contributed by atoms with Crippen LogP contribution in [-0.4, -0.2) is 61.6 Å². The van der Waals surface area contributed by atoms with Crippen LogP contribution in [0.3, 0.4) is 0 Å². The van der Waals surface area contributed by atoms with Crippen LogP contribution in [0, 0.1) is 0 Å². The van der Waals surface area contributed by atoms with E-state index < -0.39 is 0 Å². The molecule has 6 heteroatoms. The minimum Gasteiger partial charge on any atom is -0.379 e. The number of benzene rings is 2. The van der Waals surface area contributed by atoms with E-state index >= 15 is 0 Å². The standard InChI is InChI=1S/C24H31N3O3/c28-22(25-12-13-27-14-16-30-17-15-27)8-10-24(11-9-23(29)26-24)18-20-6-3-5-19-4-1-2-7-21(19)20/h1-7H,8-18H2,(H,25,28)(H,26,29)/t24-/m0/s1. The molecule has 30 heavy (non-hydrogen) atoms. The first-order valence-corrected chi connectivity index (χ1v) is 11.0. The highest BCUT2D eigenvalue weighted by Crippen LogP contribution is 2.32. The summed E-state index contributed by atoms with van der Waals surface area (Å²) in [5, 5.41) is 8.67. The number of hydrogen-bond acceptors (Lipinski definition) is 4. The van der Waals surface area contributed by atoms with Crippen LogP contribution in [0.1, 0.15) is 31.2 Å². The van der Waals surface area contributed by atoms with Crippen molar-refractivity contribution in [2.24, 2.45) is 0 Å².